The maximum atomic E-state index is 4.78. The molecule has 0 atom stereocenters. The molecule has 0 aliphatic rings. The summed E-state index contributed by atoms with van der Waals surface area (Å²) < 4.78 is 13.5. The van der Waals surface area contributed by atoms with Gasteiger partial charge in [-0.2, -0.15) is 5.10 Å². The number of imidazole rings is 3. The van der Waals surface area contributed by atoms with Gasteiger partial charge in [-0.1, -0.05) is 256 Å². The van der Waals surface area contributed by atoms with Crippen molar-refractivity contribution < 1.29 is 40.2 Å². The molecule has 2 radical (unpaired) electrons. The van der Waals surface area contributed by atoms with Gasteiger partial charge in [0.2, 0.25) is 0 Å². The van der Waals surface area contributed by atoms with Crippen LogP contribution in [0.15, 0.2) is 298 Å². The molecule has 18 aromatic rings. The number of nitrogens with zero attached hydrogens (tertiary/aromatic N) is 11. The fourth-order valence-electron chi connectivity index (χ4n) is 16.6. The number of fused-ring (bicyclic) bond motifs is 6. The van der Waals surface area contributed by atoms with E-state index < -0.39 is 0 Å². The van der Waals surface area contributed by atoms with Crippen molar-refractivity contribution in [2.45, 2.75) is 158 Å². The Bertz CT molecular complexity index is 5860. The van der Waals surface area contributed by atoms with Crippen LogP contribution >= 0.6 is 0 Å². The Balaban J connectivity index is 0.000000141. The summed E-state index contributed by atoms with van der Waals surface area (Å²) in [5.74, 6) is 7.03. The van der Waals surface area contributed by atoms with Crippen molar-refractivity contribution in [1.82, 2.24) is 52.6 Å². The molecule has 0 N–H and O–H groups in total. The Morgan fingerprint density at radius 2 is 0.508 bits per heavy atom. The molecule has 0 amide bonds. The summed E-state index contributed by atoms with van der Waals surface area (Å²) in [4.78, 5) is 14.2. The molecule has 6 heterocycles. The molecule has 0 saturated heterocycles. The maximum absolute atomic E-state index is 4.78. The van der Waals surface area contributed by atoms with Crippen LogP contribution in [0.3, 0.4) is 0 Å². The summed E-state index contributed by atoms with van der Waals surface area (Å²) in [7, 11) is 0. The van der Waals surface area contributed by atoms with Crippen molar-refractivity contribution in [3.8, 4) is 79.7 Å². The SMILES string of the molecule is CC(C)c1cccc(C(C)C)c1-n1ccnc1-c1[c-]cc(-n2c3ccccc3c3ccccc32)cc1.CC(C)c1cccc(C(C)C)c1-n1ccnc1-c1[c-]cc(-n2c3ccccc3c3ccccc32)cc1.CC(C)c1cccc(C(C)C)c1-n1ccnc1-c1[c-]cccc1.CC(C)c1cccc(C(C)C)c1-n1cnnc1-c1[c-]cccc1.[Ir].[Ir]. The van der Waals surface area contributed by atoms with Gasteiger partial charge >= 0.3 is 0 Å². The van der Waals surface area contributed by atoms with Crippen LogP contribution in [0.2, 0.25) is 0 Å². The van der Waals surface area contributed by atoms with E-state index in [0.717, 1.165) is 56.9 Å². The third-order valence-electron chi connectivity index (χ3n) is 22.5. The Morgan fingerprint density at radius 1 is 0.250 bits per heavy atom. The first-order valence-corrected chi connectivity index (χ1v) is 41.8. The molecule has 0 bridgehead atoms. The molecule has 0 saturated carbocycles. The summed E-state index contributed by atoms with van der Waals surface area (Å²) >= 11 is 0. The number of hydrogen-bond donors (Lipinski definition) is 0. The topological polar surface area (TPSA) is 94.0 Å². The zero-order valence-corrected chi connectivity index (χ0v) is 76.3. The summed E-state index contributed by atoms with van der Waals surface area (Å²) in [5, 5.41) is 13.6. The minimum Gasteiger partial charge on any atom is -0.351 e. The van der Waals surface area contributed by atoms with E-state index in [9.17, 15) is 0 Å². The van der Waals surface area contributed by atoms with E-state index in [0.29, 0.717) is 47.3 Å². The minimum absolute atomic E-state index is 0. The van der Waals surface area contributed by atoms with Gasteiger partial charge in [0.25, 0.3) is 0 Å². The van der Waals surface area contributed by atoms with Gasteiger partial charge in [-0.15, -0.1) is 137 Å². The van der Waals surface area contributed by atoms with Crippen LogP contribution in [-0.4, -0.2) is 52.6 Å². The molecule has 0 unspecified atom stereocenters. The van der Waals surface area contributed by atoms with E-state index >= 15 is 0 Å². The molecule has 11 nitrogen and oxygen atoms in total. The number of benzene rings is 12. The molecule has 6 aromatic heterocycles. The zero-order valence-electron chi connectivity index (χ0n) is 71.5. The predicted octanol–water partition coefficient (Wildman–Crippen LogP) is 27.9. The second kappa shape index (κ2) is 38.1. The smallest absolute Gasteiger partial charge is 0.114 e. The Kier molecular flexibility index (Phi) is 27.4. The summed E-state index contributed by atoms with van der Waals surface area (Å²) in [5.41, 5.74) is 26.6. The van der Waals surface area contributed by atoms with Crippen molar-refractivity contribution in [1.29, 1.82) is 0 Å². The number of para-hydroxylation sites is 8. The number of aromatic nitrogens is 11. The summed E-state index contributed by atoms with van der Waals surface area (Å²) in [6.45, 7) is 35.9. The largest absolute Gasteiger partial charge is 0.351 e. The van der Waals surface area contributed by atoms with E-state index in [1.165, 1.54) is 111 Å². The average Bonchev–Trinajstić information content (AvgIpc) is 1.59. The molecular formula is C107H105Ir2N11-4. The molecule has 0 fully saturated rings. The minimum atomic E-state index is 0. The third-order valence-corrected chi connectivity index (χ3v) is 22.5. The van der Waals surface area contributed by atoms with E-state index in [4.69, 9.17) is 9.97 Å². The molecule has 120 heavy (non-hydrogen) atoms. The van der Waals surface area contributed by atoms with Gasteiger partial charge in [0, 0.05) is 144 Å². The van der Waals surface area contributed by atoms with Gasteiger partial charge in [0.15, 0.2) is 0 Å². The zero-order chi connectivity index (χ0) is 82.4. The van der Waals surface area contributed by atoms with E-state index in [2.05, 4.69) is 409 Å². The molecule has 13 heteroatoms. The fourth-order valence-corrected chi connectivity index (χ4v) is 16.6. The molecule has 610 valence electrons. The van der Waals surface area contributed by atoms with E-state index in [-0.39, 0.29) is 40.2 Å². The van der Waals surface area contributed by atoms with Crippen LogP contribution < -0.4 is 0 Å². The van der Waals surface area contributed by atoms with Gasteiger partial charge in [0.1, 0.15) is 6.33 Å². The van der Waals surface area contributed by atoms with Gasteiger partial charge < -0.3 is 27.4 Å². The Morgan fingerprint density at radius 3 is 0.767 bits per heavy atom. The summed E-state index contributed by atoms with van der Waals surface area (Å²) in [6, 6.07) is 103. The molecule has 12 aromatic carbocycles. The molecule has 18 rings (SSSR count). The molecule has 0 spiro atoms. The van der Waals surface area contributed by atoms with Crippen LogP contribution in [0.1, 0.15) is 203 Å². The van der Waals surface area contributed by atoms with Crippen molar-refractivity contribution in [3.05, 3.63) is 367 Å². The number of rotatable bonds is 18. The van der Waals surface area contributed by atoms with Crippen LogP contribution in [0.4, 0.5) is 0 Å². The molecular weight excluding hydrogens is 1820 g/mol. The van der Waals surface area contributed by atoms with Crippen LogP contribution in [0.5, 0.6) is 0 Å². The van der Waals surface area contributed by atoms with E-state index in [1.807, 2.05) is 67.4 Å². The maximum Gasteiger partial charge on any atom is 0.114 e. The van der Waals surface area contributed by atoms with Gasteiger partial charge in [-0.25, -0.2) is 0 Å². The van der Waals surface area contributed by atoms with Crippen LogP contribution in [0.25, 0.3) is 123 Å². The normalized spacial score (nSPS) is 11.5. The Labute approximate surface area is 735 Å². The van der Waals surface area contributed by atoms with Crippen molar-refractivity contribution in [2.24, 2.45) is 0 Å². The first-order valence-electron chi connectivity index (χ1n) is 41.8. The number of hydrogen-bond acceptors (Lipinski definition) is 5. The monoisotopic (exact) mass is 1930 g/mol. The summed E-state index contributed by atoms with van der Waals surface area (Å²) in [6.07, 6.45) is 13.7. The predicted molar refractivity (Wildman–Crippen MR) is 491 cm³/mol. The quantitative estimate of drug-likeness (QED) is 0.0798. The van der Waals surface area contributed by atoms with Crippen molar-refractivity contribution in [3.63, 3.8) is 0 Å². The van der Waals surface area contributed by atoms with E-state index in [1.54, 1.807) is 0 Å². The fraction of sp³-hybridized carbons (Fsp3) is 0.224. The standard InChI is InChI=1S/2C33H30N3.C21H23N2.C20H22N3.2Ir/c2*1-22(2)26-12-9-13-27(23(3)4)32(26)35-21-20-34-33(35)24-16-18-25(19-17-24)36-30-14-7-5-10-28(30)29-11-6-8-15-31(29)36;1-15(2)18-11-8-12-19(16(3)4)20(18)23-14-13-22-21(23)17-9-6-5-7-10-17;1-14(2)17-11-8-12-18(15(3)4)19(17)23-13-21-22-20(23)16-9-6-5-7-10-16;;/h2*5-16,18-23H,1-4H3;5-9,11-16H,1-4H3;5-9,11-15H,1-4H3;;/q4*-1;;. The van der Waals surface area contributed by atoms with Crippen LogP contribution in [0, 0.1) is 24.3 Å². The molecule has 0 aliphatic heterocycles. The molecule has 0 aliphatic carbocycles. The second-order valence-electron chi connectivity index (χ2n) is 33.0. The third kappa shape index (κ3) is 17.4. The Hall–Kier alpha value is -11.7. The average molecular weight is 1930 g/mol. The van der Waals surface area contributed by atoms with Crippen molar-refractivity contribution in [2.75, 3.05) is 0 Å². The van der Waals surface area contributed by atoms with Crippen LogP contribution in [-0.2, 0) is 40.2 Å². The first-order chi connectivity index (χ1) is 57.3. The second-order valence-corrected chi connectivity index (χ2v) is 33.0. The van der Waals surface area contributed by atoms with Gasteiger partial charge in [0.05, 0.1) is 23.3 Å². The van der Waals surface area contributed by atoms with Gasteiger partial charge in [-0.3, -0.25) is 15.0 Å². The van der Waals surface area contributed by atoms with Gasteiger partial charge in [-0.05, 0) is 127 Å². The first kappa shape index (κ1) is 86.2. The van der Waals surface area contributed by atoms with Crippen molar-refractivity contribution >= 4 is 43.6 Å².